The highest BCUT2D eigenvalue weighted by Crippen LogP contribution is 2.45. The summed E-state index contributed by atoms with van der Waals surface area (Å²) in [4.78, 5) is 29.0. The Balaban J connectivity index is 1.36. The second-order valence-electron chi connectivity index (χ2n) is 9.10. The van der Waals surface area contributed by atoms with Crippen molar-refractivity contribution in [1.82, 2.24) is 15.1 Å². The third kappa shape index (κ3) is 3.45. The van der Waals surface area contributed by atoms with Gasteiger partial charge in [0.2, 0.25) is 5.91 Å². The van der Waals surface area contributed by atoms with Crippen LogP contribution in [0.15, 0.2) is 0 Å². The monoisotopic (exact) mass is 377 g/mol. The van der Waals surface area contributed by atoms with Gasteiger partial charge in [-0.1, -0.05) is 13.3 Å². The van der Waals surface area contributed by atoms with Gasteiger partial charge in [-0.2, -0.15) is 0 Å². The second kappa shape index (κ2) is 7.61. The van der Waals surface area contributed by atoms with Crippen molar-refractivity contribution in [3.63, 3.8) is 0 Å². The van der Waals surface area contributed by atoms with E-state index in [0.29, 0.717) is 30.8 Å². The molecule has 0 radical (unpaired) electrons. The van der Waals surface area contributed by atoms with E-state index in [1.54, 1.807) is 0 Å². The molecule has 4 fully saturated rings. The molecule has 27 heavy (non-hydrogen) atoms. The van der Waals surface area contributed by atoms with E-state index in [-0.39, 0.29) is 17.4 Å². The minimum atomic E-state index is -0.112. The van der Waals surface area contributed by atoms with Gasteiger partial charge in [-0.25, -0.2) is 4.79 Å². The van der Waals surface area contributed by atoms with E-state index < -0.39 is 0 Å². The average Bonchev–Trinajstić information content (AvgIpc) is 3.09. The Hall–Kier alpha value is -1.30. The maximum Gasteiger partial charge on any atom is 0.410 e. The first-order valence-electron chi connectivity index (χ1n) is 11.0. The van der Waals surface area contributed by atoms with E-state index in [1.807, 2.05) is 11.8 Å². The van der Waals surface area contributed by atoms with Gasteiger partial charge in [-0.3, -0.25) is 4.79 Å². The van der Waals surface area contributed by atoms with Gasteiger partial charge >= 0.3 is 6.09 Å². The molecule has 0 saturated carbocycles. The molecule has 1 N–H and O–H groups in total. The minimum absolute atomic E-state index is 0.112. The van der Waals surface area contributed by atoms with Crippen LogP contribution < -0.4 is 5.32 Å². The van der Waals surface area contributed by atoms with Crippen LogP contribution in [0.5, 0.6) is 0 Å². The molecule has 6 nitrogen and oxygen atoms in total. The number of fused-ring (bicyclic) bond motifs is 2. The third-order valence-corrected chi connectivity index (χ3v) is 7.66. The number of nitrogens with one attached hydrogen (secondary N) is 1. The SMILES string of the molecule is CCCC1NC(=O)CC12CCN(C1CC3CCC(C1)N3C(=O)OCC)CC2. The van der Waals surface area contributed by atoms with Gasteiger partial charge in [0.05, 0.1) is 6.61 Å². The molecule has 6 heteroatoms. The van der Waals surface area contributed by atoms with Crippen molar-refractivity contribution in [2.75, 3.05) is 19.7 Å². The molecule has 4 saturated heterocycles. The highest BCUT2D eigenvalue weighted by atomic mass is 16.6. The lowest BCUT2D eigenvalue weighted by atomic mass is 9.71. The number of carbonyl (C=O) groups excluding carboxylic acids is 2. The fourth-order valence-electron chi connectivity index (χ4n) is 6.31. The van der Waals surface area contributed by atoms with Gasteiger partial charge < -0.3 is 19.9 Å². The van der Waals surface area contributed by atoms with Crippen molar-refractivity contribution in [2.24, 2.45) is 5.41 Å². The predicted octanol–water partition coefficient (Wildman–Crippen LogP) is 2.91. The largest absolute Gasteiger partial charge is 0.450 e. The Kier molecular flexibility index (Phi) is 5.36. The maximum atomic E-state index is 12.3. The zero-order chi connectivity index (χ0) is 19.0. The number of likely N-dealkylation sites (tertiary alicyclic amines) is 1. The second-order valence-corrected chi connectivity index (χ2v) is 9.10. The minimum Gasteiger partial charge on any atom is -0.450 e. The maximum absolute atomic E-state index is 12.3. The molecule has 0 aliphatic carbocycles. The normalized spacial score (nSPS) is 35.5. The Morgan fingerprint density at radius 3 is 2.41 bits per heavy atom. The first kappa shape index (κ1) is 19.0. The molecular formula is C21H35N3O3. The lowest BCUT2D eigenvalue weighted by molar-refractivity contribution is -0.120. The number of amides is 2. The van der Waals surface area contributed by atoms with E-state index in [2.05, 4.69) is 17.1 Å². The molecule has 3 atom stereocenters. The summed E-state index contributed by atoms with van der Waals surface area (Å²) in [6.45, 7) is 6.74. The fraction of sp³-hybridized carbons (Fsp3) is 0.905. The number of hydrogen-bond donors (Lipinski definition) is 1. The van der Waals surface area contributed by atoms with Gasteiger partial charge in [0.15, 0.2) is 0 Å². The van der Waals surface area contributed by atoms with Crippen LogP contribution >= 0.6 is 0 Å². The number of rotatable bonds is 4. The van der Waals surface area contributed by atoms with Gasteiger partial charge in [0, 0.05) is 36.0 Å². The fourth-order valence-corrected chi connectivity index (χ4v) is 6.31. The molecule has 0 aromatic carbocycles. The summed E-state index contributed by atoms with van der Waals surface area (Å²) in [5.41, 5.74) is 0.189. The van der Waals surface area contributed by atoms with E-state index in [4.69, 9.17) is 4.74 Å². The topological polar surface area (TPSA) is 61.9 Å². The summed E-state index contributed by atoms with van der Waals surface area (Å²) < 4.78 is 5.29. The highest BCUT2D eigenvalue weighted by Gasteiger charge is 2.50. The molecule has 152 valence electrons. The van der Waals surface area contributed by atoms with Crippen molar-refractivity contribution >= 4 is 12.0 Å². The van der Waals surface area contributed by atoms with Gasteiger partial charge in [0.25, 0.3) is 0 Å². The predicted molar refractivity (Wildman–Crippen MR) is 103 cm³/mol. The number of hydrogen-bond acceptors (Lipinski definition) is 4. The third-order valence-electron chi connectivity index (χ3n) is 7.66. The van der Waals surface area contributed by atoms with Crippen LogP contribution in [0.1, 0.15) is 71.6 Å². The van der Waals surface area contributed by atoms with Gasteiger partial charge in [0.1, 0.15) is 0 Å². The van der Waals surface area contributed by atoms with Crippen LogP contribution in [-0.2, 0) is 9.53 Å². The quantitative estimate of drug-likeness (QED) is 0.818. The lowest BCUT2D eigenvalue weighted by Gasteiger charge is -2.48. The molecule has 3 unspecified atom stereocenters. The van der Waals surface area contributed by atoms with Crippen molar-refractivity contribution in [3.8, 4) is 0 Å². The molecule has 4 aliphatic rings. The number of ether oxygens (including phenoxy) is 1. The number of nitrogens with zero attached hydrogens (tertiary/aromatic N) is 2. The van der Waals surface area contributed by atoms with Gasteiger partial charge in [-0.15, -0.1) is 0 Å². The van der Waals surface area contributed by atoms with Crippen LogP contribution in [0.2, 0.25) is 0 Å². The summed E-state index contributed by atoms with van der Waals surface area (Å²) >= 11 is 0. The first-order chi connectivity index (χ1) is 13.1. The van der Waals surface area contributed by atoms with Crippen LogP contribution in [0.4, 0.5) is 4.79 Å². The Morgan fingerprint density at radius 2 is 1.81 bits per heavy atom. The molecule has 1 spiro atoms. The molecule has 0 aromatic rings. The molecule has 4 rings (SSSR count). The van der Waals surface area contributed by atoms with Crippen LogP contribution in [0.25, 0.3) is 0 Å². The molecule has 4 heterocycles. The molecule has 0 aromatic heterocycles. The smallest absolute Gasteiger partial charge is 0.410 e. The molecule has 2 amide bonds. The average molecular weight is 378 g/mol. The zero-order valence-corrected chi connectivity index (χ0v) is 16.9. The Morgan fingerprint density at radius 1 is 1.15 bits per heavy atom. The molecule has 4 aliphatic heterocycles. The lowest BCUT2D eigenvalue weighted by Crippen LogP contribution is -2.55. The molecule has 2 bridgehead atoms. The Bertz CT molecular complexity index is 559. The molecular weight excluding hydrogens is 342 g/mol. The summed E-state index contributed by atoms with van der Waals surface area (Å²) in [5.74, 6) is 0.252. The van der Waals surface area contributed by atoms with E-state index in [1.165, 1.54) is 0 Å². The van der Waals surface area contributed by atoms with Crippen molar-refractivity contribution in [3.05, 3.63) is 0 Å². The van der Waals surface area contributed by atoms with Crippen molar-refractivity contribution < 1.29 is 14.3 Å². The van der Waals surface area contributed by atoms with E-state index in [9.17, 15) is 9.59 Å². The first-order valence-corrected chi connectivity index (χ1v) is 11.0. The summed E-state index contributed by atoms with van der Waals surface area (Å²) in [5, 5.41) is 3.25. The zero-order valence-electron chi connectivity index (χ0n) is 16.9. The summed E-state index contributed by atoms with van der Waals surface area (Å²) in [6.07, 6.45) is 9.50. The standard InChI is InChI=1S/C21H35N3O3/c1-3-5-18-21(14-19(25)22-18)8-10-23(11-9-21)17-12-15-6-7-16(13-17)24(15)20(26)27-4-2/h15-18H,3-14H2,1-2H3,(H,22,25). The number of carbonyl (C=O) groups is 2. The summed E-state index contributed by atoms with van der Waals surface area (Å²) in [7, 11) is 0. The number of piperidine rings is 2. The highest BCUT2D eigenvalue weighted by molar-refractivity contribution is 5.80. The van der Waals surface area contributed by atoms with Crippen molar-refractivity contribution in [2.45, 2.75) is 95.8 Å². The van der Waals surface area contributed by atoms with E-state index in [0.717, 1.165) is 70.9 Å². The van der Waals surface area contributed by atoms with Crippen LogP contribution in [0, 0.1) is 5.41 Å². The summed E-state index contributed by atoms with van der Waals surface area (Å²) in [6, 6.07) is 1.66. The van der Waals surface area contributed by atoms with Crippen LogP contribution in [0.3, 0.4) is 0 Å². The van der Waals surface area contributed by atoms with E-state index >= 15 is 0 Å². The van der Waals surface area contributed by atoms with Crippen molar-refractivity contribution in [1.29, 1.82) is 0 Å². The van der Waals surface area contributed by atoms with Gasteiger partial charge in [-0.05, 0) is 65.0 Å². The van der Waals surface area contributed by atoms with Crippen LogP contribution in [-0.4, -0.2) is 65.7 Å². The Labute approximate surface area is 163 Å².